The second kappa shape index (κ2) is 7.79. The molecule has 0 unspecified atom stereocenters. The Morgan fingerprint density at radius 3 is 2.57 bits per heavy atom. The minimum atomic E-state index is -4.00. The van der Waals surface area contributed by atoms with E-state index in [4.69, 9.17) is 4.74 Å². The first-order chi connectivity index (χ1) is 9.86. The van der Waals surface area contributed by atoms with E-state index < -0.39 is 26.6 Å². The molecule has 120 valence electrons. The number of hydrogen-bond donors (Lipinski definition) is 1. The van der Waals surface area contributed by atoms with E-state index in [1.807, 2.05) is 0 Å². The number of sulfonamides is 1. The highest BCUT2D eigenvalue weighted by atomic mass is 32.2. The molecule has 0 aliphatic carbocycles. The van der Waals surface area contributed by atoms with Gasteiger partial charge in [0, 0.05) is 39.4 Å². The summed E-state index contributed by atoms with van der Waals surface area (Å²) in [5.74, 6) is -1.83. The van der Waals surface area contributed by atoms with Gasteiger partial charge in [0.1, 0.15) is 10.7 Å². The van der Waals surface area contributed by atoms with E-state index >= 15 is 0 Å². The number of rotatable bonds is 8. The fraction of sp³-hybridized carbons (Fsp3) is 0.538. The Labute approximate surface area is 124 Å². The lowest BCUT2D eigenvalue weighted by Crippen LogP contribution is -2.29. The van der Waals surface area contributed by atoms with E-state index in [9.17, 15) is 17.2 Å². The Bertz CT molecular complexity index is 579. The van der Waals surface area contributed by atoms with Gasteiger partial charge in [0.05, 0.1) is 0 Å². The highest BCUT2D eigenvalue weighted by Gasteiger charge is 2.27. The van der Waals surface area contributed by atoms with E-state index in [2.05, 4.69) is 5.32 Å². The molecule has 0 fully saturated rings. The molecule has 1 N–H and O–H groups in total. The van der Waals surface area contributed by atoms with Crippen molar-refractivity contribution in [1.82, 2.24) is 9.62 Å². The number of nitrogens with one attached hydrogen (secondary N) is 1. The Balaban J connectivity index is 3.11. The summed E-state index contributed by atoms with van der Waals surface area (Å²) in [6, 6.07) is 1.91. The van der Waals surface area contributed by atoms with Crippen LogP contribution >= 0.6 is 0 Å². The maximum Gasteiger partial charge on any atom is 0.245 e. The minimum absolute atomic E-state index is 0.0889. The van der Waals surface area contributed by atoms with Crippen molar-refractivity contribution in [1.29, 1.82) is 0 Å². The summed E-state index contributed by atoms with van der Waals surface area (Å²) >= 11 is 0. The number of halogens is 2. The fourth-order valence-electron chi connectivity index (χ4n) is 1.83. The molecule has 0 atom stereocenters. The Hall–Kier alpha value is -1.09. The van der Waals surface area contributed by atoms with E-state index in [1.165, 1.54) is 21.2 Å². The van der Waals surface area contributed by atoms with Crippen LogP contribution in [0.15, 0.2) is 17.0 Å². The second-order valence-corrected chi connectivity index (χ2v) is 6.55. The molecule has 0 aromatic heterocycles. The average molecular weight is 322 g/mol. The van der Waals surface area contributed by atoms with Crippen molar-refractivity contribution in [3.05, 3.63) is 29.3 Å². The maximum atomic E-state index is 14.3. The second-order valence-electron chi connectivity index (χ2n) is 4.54. The number of hydrogen-bond acceptors (Lipinski definition) is 4. The first-order valence-corrected chi connectivity index (χ1v) is 7.87. The SMILES string of the molecule is CNCc1c(F)ccc(S(=O)(=O)N(C)CCCOC)c1F. The smallest absolute Gasteiger partial charge is 0.245 e. The van der Waals surface area contributed by atoms with Crippen molar-refractivity contribution in [2.75, 3.05) is 34.4 Å². The van der Waals surface area contributed by atoms with Crippen molar-refractivity contribution in [3.63, 3.8) is 0 Å². The molecule has 0 saturated heterocycles. The molecule has 0 radical (unpaired) electrons. The number of nitrogens with zero attached hydrogens (tertiary/aromatic N) is 1. The first-order valence-electron chi connectivity index (χ1n) is 6.43. The molecule has 0 aliphatic rings. The van der Waals surface area contributed by atoms with Gasteiger partial charge in [-0.15, -0.1) is 0 Å². The lowest BCUT2D eigenvalue weighted by Gasteiger charge is -2.18. The molecule has 8 heteroatoms. The molecule has 1 rings (SSSR count). The van der Waals surface area contributed by atoms with Gasteiger partial charge in [0.2, 0.25) is 10.0 Å². The summed E-state index contributed by atoms with van der Waals surface area (Å²) in [5.41, 5.74) is -0.288. The van der Waals surface area contributed by atoms with Crippen LogP contribution in [0.5, 0.6) is 0 Å². The van der Waals surface area contributed by atoms with E-state index in [0.717, 1.165) is 16.4 Å². The van der Waals surface area contributed by atoms with E-state index in [1.54, 1.807) is 0 Å². The zero-order chi connectivity index (χ0) is 16.0. The van der Waals surface area contributed by atoms with E-state index in [0.29, 0.717) is 13.0 Å². The molecule has 1 aromatic rings. The summed E-state index contributed by atoms with van der Waals surface area (Å²) in [7, 11) is 0.390. The van der Waals surface area contributed by atoms with Gasteiger partial charge in [0.25, 0.3) is 0 Å². The zero-order valence-corrected chi connectivity index (χ0v) is 13.1. The van der Waals surface area contributed by atoms with E-state index in [-0.39, 0.29) is 18.7 Å². The summed E-state index contributed by atoms with van der Waals surface area (Å²) in [4.78, 5) is -0.519. The third kappa shape index (κ3) is 4.19. The lowest BCUT2D eigenvalue weighted by atomic mass is 10.2. The Morgan fingerprint density at radius 1 is 1.33 bits per heavy atom. The van der Waals surface area contributed by atoms with Gasteiger partial charge < -0.3 is 10.1 Å². The lowest BCUT2D eigenvalue weighted by molar-refractivity contribution is 0.189. The summed E-state index contributed by atoms with van der Waals surface area (Å²) < 4.78 is 58.3. The molecular weight excluding hydrogens is 302 g/mol. The first kappa shape index (κ1) is 18.0. The van der Waals surface area contributed by atoms with Crippen LogP contribution in [0, 0.1) is 11.6 Å². The average Bonchev–Trinajstić information content (AvgIpc) is 2.43. The largest absolute Gasteiger partial charge is 0.385 e. The van der Waals surface area contributed by atoms with Crippen LogP contribution in [-0.2, 0) is 21.3 Å². The van der Waals surface area contributed by atoms with Gasteiger partial charge in [-0.05, 0) is 25.6 Å². The van der Waals surface area contributed by atoms with Crippen LogP contribution < -0.4 is 5.32 Å². The van der Waals surface area contributed by atoms with Gasteiger partial charge in [0.15, 0.2) is 5.82 Å². The Morgan fingerprint density at radius 2 is 2.00 bits per heavy atom. The maximum absolute atomic E-state index is 14.3. The molecule has 0 saturated carbocycles. The monoisotopic (exact) mass is 322 g/mol. The van der Waals surface area contributed by atoms with Crippen molar-refractivity contribution in [2.24, 2.45) is 0 Å². The molecule has 0 heterocycles. The van der Waals surface area contributed by atoms with Crippen molar-refractivity contribution >= 4 is 10.0 Å². The van der Waals surface area contributed by atoms with Crippen LogP contribution in [-0.4, -0.2) is 47.1 Å². The van der Waals surface area contributed by atoms with Gasteiger partial charge >= 0.3 is 0 Å². The van der Waals surface area contributed by atoms with Crippen LogP contribution in [0.4, 0.5) is 8.78 Å². The van der Waals surface area contributed by atoms with Crippen LogP contribution in [0.25, 0.3) is 0 Å². The predicted octanol–water partition coefficient (Wildman–Crippen LogP) is 1.34. The third-order valence-electron chi connectivity index (χ3n) is 3.01. The topological polar surface area (TPSA) is 58.6 Å². The highest BCUT2D eigenvalue weighted by Crippen LogP contribution is 2.23. The van der Waals surface area contributed by atoms with Gasteiger partial charge in [-0.25, -0.2) is 21.5 Å². The quantitative estimate of drug-likeness (QED) is 0.734. The van der Waals surface area contributed by atoms with Crippen molar-refractivity contribution < 1.29 is 21.9 Å². The van der Waals surface area contributed by atoms with Crippen molar-refractivity contribution in [3.8, 4) is 0 Å². The van der Waals surface area contributed by atoms with Gasteiger partial charge in [-0.1, -0.05) is 0 Å². The highest BCUT2D eigenvalue weighted by molar-refractivity contribution is 7.89. The van der Waals surface area contributed by atoms with Crippen LogP contribution in [0.2, 0.25) is 0 Å². The molecular formula is C13H20F2N2O3S. The number of methoxy groups -OCH3 is 1. The molecule has 21 heavy (non-hydrogen) atoms. The fourth-order valence-corrected chi connectivity index (χ4v) is 3.13. The summed E-state index contributed by atoms with van der Waals surface area (Å²) in [6.07, 6.45) is 0.485. The normalized spacial score (nSPS) is 12.1. The molecule has 1 aromatic carbocycles. The summed E-state index contributed by atoms with van der Waals surface area (Å²) in [5, 5.41) is 2.61. The molecule has 0 spiro atoms. The molecule has 0 aliphatic heterocycles. The number of ether oxygens (including phenoxy) is 1. The summed E-state index contributed by atoms with van der Waals surface area (Å²) in [6.45, 7) is 0.500. The molecule has 0 amide bonds. The standard InChI is InChI=1S/C13H20F2N2O3S/c1-16-9-10-11(14)5-6-12(13(10)15)21(18,19)17(2)7-4-8-20-3/h5-6,16H,4,7-9H2,1-3H3. The van der Waals surface area contributed by atoms with Gasteiger partial charge in [-0.3, -0.25) is 0 Å². The van der Waals surface area contributed by atoms with Crippen molar-refractivity contribution in [2.45, 2.75) is 17.9 Å². The Kier molecular flexibility index (Phi) is 6.66. The minimum Gasteiger partial charge on any atom is -0.385 e. The van der Waals surface area contributed by atoms with Gasteiger partial charge in [-0.2, -0.15) is 0 Å². The number of benzene rings is 1. The zero-order valence-electron chi connectivity index (χ0n) is 12.3. The predicted molar refractivity (Wildman–Crippen MR) is 75.4 cm³/mol. The molecule has 5 nitrogen and oxygen atoms in total. The van der Waals surface area contributed by atoms with Crippen LogP contribution in [0.1, 0.15) is 12.0 Å². The van der Waals surface area contributed by atoms with Crippen LogP contribution in [0.3, 0.4) is 0 Å². The molecule has 0 bridgehead atoms. The third-order valence-corrected chi connectivity index (χ3v) is 4.89.